The summed E-state index contributed by atoms with van der Waals surface area (Å²) in [7, 11) is 0. The molecule has 2 unspecified atom stereocenters. The van der Waals surface area contributed by atoms with Crippen LogP contribution in [0, 0.1) is 5.92 Å². The van der Waals surface area contributed by atoms with E-state index in [1.54, 1.807) is 0 Å². The fraction of sp³-hybridized carbons (Fsp3) is 0.600. The van der Waals surface area contributed by atoms with Gasteiger partial charge in [-0.05, 0) is 30.9 Å². The van der Waals surface area contributed by atoms with Gasteiger partial charge in [-0.2, -0.15) is 0 Å². The number of hydrogen-bond donors (Lipinski definition) is 1. The highest BCUT2D eigenvalue weighted by molar-refractivity contribution is 5.56. The number of anilines is 1. The van der Waals surface area contributed by atoms with Gasteiger partial charge in [0.25, 0.3) is 0 Å². The van der Waals surface area contributed by atoms with Crippen molar-refractivity contribution >= 4 is 5.69 Å². The first kappa shape index (κ1) is 11.7. The van der Waals surface area contributed by atoms with Gasteiger partial charge in [0.2, 0.25) is 5.79 Å². The van der Waals surface area contributed by atoms with Gasteiger partial charge in [0, 0.05) is 31.6 Å². The maximum atomic E-state index is 5.76. The van der Waals surface area contributed by atoms with E-state index in [0.29, 0.717) is 6.04 Å². The normalized spacial score (nSPS) is 28.4. The van der Waals surface area contributed by atoms with Crippen LogP contribution in [0.1, 0.15) is 40.0 Å². The van der Waals surface area contributed by atoms with E-state index < -0.39 is 5.79 Å². The van der Waals surface area contributed by atoms with Gasteiger partial charge in [-0.3, -0.25) is 0 Å². The van der Waals surface area contributed by atoms with E-state index in [0.717, 1.165) is 23.1 Å². The molecule has 0 bridgehead atoms. The first-order chi connectivity index (χ1) is 8.53. The zero-order chi connectivity index (χ0) is 12.8. The van der Waals surface area contributed by atoms with E-state index in [4.69, 9.17) is 9.47 Å². The second-order valence-electron chi connectivity index (χ2n) is 5.92. The van der Waals surface area contributed by atoms with Crippen LogP contribution in [-0.2, 0) is 0 Å². The van der Waals surface area contributed by atoms with Crippen molar-refractivity contribution in [2.24, 2.45) is 5.92 Å². The summed E-state index contributed by atoms with van der Waals surface area (Å²) in [5.41, 5.74) is 1.13. The Kier molecular flexibility index (Phi) is 2.65. The Labute approximate surface area is 108 Å². The highest BCUT2D eigenvalue weighted by atomic mass is 16.7. The van der Waals surface area contributed by atoms with Gasteiger partial charge in [0.15, 0.2) is 11.5 Å². The smallest absolute Gasteiger partial charge is 0.246 e. The molecule has 0 radical (unpaired) electrons. The molecule has 1 fully saturated rings. The average molecular weight is 247 g/mol. The monoisotopic (exact) mass is 247 g/mol. The van der Waals surface area contributed by atoms with E-state index in [9.17, 15) is 0 Å². The third-order valence-corrected chi connectivity index (χ3v) is 3.87. The van der Waals surface area contributed by atoms with Gasteiger partial charge in [-0.15, -0.1) is 0 Å². The van der Waals surface area contributed by atoms with Crippen molar-refractivity contribution in [3.05, 3.63) is 18.2 Å². The minimum atomic E-state index is -0.540. The highest BCUT2D eigenvalue weighted by Gasteiger charge is 2.32. The maximum Gasteiger partial charge on any atom is 0.246 e. The first-order valence-corrected chi connectivity index (χ1v) is 6.82. The van der Waals surface area contributed by atoms with E-state index in [-0.39, 0.29) is 0 Å². The van der Waals surface area contributed by atoms with Crippen LogP contribution in [0.5, 0.6) is 11.5 Å². The van der Waals surface area contributed by atoms with Crippen molar-refractivity contribution in [1.82, 2.24) is 0 Å². The van der Waals surface area contributed by atoms with Crippen molar-refractivity contribution in [1.29, 1.82) is 0 Å². The second kappa shape index (κ2) is 4.08. The molecule has 1 aromatic rings. The lowest BCUT2D eigenvalue weighted by Crippen LogP contribution is -2.29. The van der Waals surface area contributed by atoms with E-state index >= 15 is 0 Å². The van der Waals surface area contributed by atoms with Gasteiger partial charge in [0.05, 0.1) is 0 Å². The van der Waals surface area contributed by atoms with Crippen LogP contribution in [-0.4, -0.2) is 11.8 Å². The molecule has 2 aliphatic rings. The lowest BCUT2D eigenvalue weighted by atomic mass is 10.1. The molecule has 1 heterocycles. The molecule has 0 amide bonds. The first-order valence-electron chi connectivity index (χ1n) is 6.82. The van der Waals surface area contributed by atoms with Gasteiger partial charge in [0.1, 0.15) is 0 Å². The molecule has 0 spiro atoms. The number of benzene rings is 1. The largest absolute Gasteiger partial charge is 0.449 e. The molecule has 3 nitrogen and oxygen atoms in total. The molecule has 1 saturated carbocycles. The molecule has 0 aromatic heterocycles. The van der Waals surface area contributed by atoms with Gasteiger partial charge in [-0.1, -0.05) is 13.3 Å². The van der Waals surface area contributed by atoms with Crippen LogP contribution in [0.25, 0.3) is 0 Å². The lowest BCUT2D eigenvalue weighted by molar-refractivity contribution is -0.0431. The molecule has 1 aliphatic carbocycles. The Balaban J connectivity index is 1.76. The second-order valence-corrected chi connectivity index (χ2v) is 5.92. The SMILES string of the molecule is CC1CCCC1Nc1ccc2c(c1)OC(C)(C)O2. The molecule has 1 aromatic carbocycles. The van der Waals surface area contributed by atoms with E-state index in [1.165, 1.54) is 19.3 Å². The summed E-state index contributed by atoms with van der Waals surface area (Å²) >= 11 is 0. The van der Waals surface area contributed by atoms with Crippen LogP contribution in [0.3, 0.4) is 0 Å². The highest BCUT2D eigenvalue weighted by Crippen LogP contribution is 2.41. The molecule has 18 heavy (non-hydrogen) atoms. The third-order valence-electron chi connectivity index (χ3n) is 3.87. The van der Waals surface area contributed by atoms with E-state index in [1.807, 2.05) is 19.9 Å². The minimum Gasteiger partial charge on any atom is -0.449 e. The van der Waals surface area contributed by atoms with Gasteiger partial charge >= 0.3 is 0 Å². The van der Waals surface area contributed by atoms with E-state index in [2.05, 4.69) is 24.4 Å². The van der Waals surface area contributed by atoms with Gasteiger partial charge < -0.3 is 14.8 Å². The average Bonchev–Trinajstić information content (AvgIpc) is 2.80. The molecule has 1 N–H and O–H groups in total. The summed E-state index contributed by atoms with van der Waals surface area (Å²) in [5, 5.41) is 3.61. The number of nitrogens with one attached hydrogen (secondary N) is 1. The topological polar surface area (TPSA) is 30.5 Å². The number of fused-ring (bicyclic) bond motifs is 1. The van der Waals surface area contributed by atoms with Gasteiger partial charge in [-0.25, -0.2) is 0 Å². The summed E-state index contributed by atoms with van der Waals surface area (Å²) in [6.07, 6.45) is 3.92. The summed E-state index contributed by atoms with van der Waals surface area (Å²) in [6, 6.07) is 6.72. The molecule has 3 rings (SSSR count). The van der Waals surface area contributed by atoms with Crippen LogP contribution >= 0.6 is 0 Å². The van der Waals surface area contributed by atoms with Crippen molar-refractivity contribution < 1.29 is 9.47 Å². The van der Waals surface area contributed by atoms with Crippen LogP contribution in [0.2, 0.25) is 0 Å². The predicted octanol–water partition coefficient (Wildman–Crippen LogP) is 3.79. The molecule has 0 saturated heterocycles. The van der Waals surface area contributed by atoms with Crippen LogP contribution in [0.15, 0.2) is 18.2 Å². The molecule has 1 aliphatic heterocycles. The Hall–Kier alpha value is -1.38. The Morgan fingerprint density at radius 1 is 1.17 bits per heavy atom. The fourth-order valence-corrected chi connectivity index (χ4v) is 2.89. The molecule has 98 valence electrons. The summed E-state index contributed by atoms with van der Waals surface area (Å²) in [5.74, 6) is 1.90. The Morgan fingerprint density at radius 3 is 2.67 bits per heavy atom. The maximum absolute atomic E-state index is 5.76. The zero-order valence-electron chi connectivity index (χ0n) is 11.3. The number of rotatable bonds is 2. The van der Waals surface area contributed by atoms with Crippen molar-refractivity contribution in [3.8, 4) is 11.5 Å². The third kappa shape index (κ3) is 2.14. The predicted molar refractivity (Wildman–Crippen MR) is 72.2 cm³/mol. The molecular weight excluding hydrogens is 226 g/mol. The summed E-state index contributed by atoms with van der Waals surface area (Å²) < 4.78 is 11.5. The summed E-state index contributed by atoms with van der Waals surface area (Å²) in [6.45, 7) is 6.18. The fourth-order valence-electron chi connectivity index (χ4n) is 2.89. The van der Waals surface area contributed by atoms with Crippen molar-refractivity contribution in [3.63, 3.8) is 0 Å². The molecule has 2 atom stereocenters. The van der Waals surface area contributed by atoms with Crippen LogP contribution < -0.4 is 14.8 Å². The minimum absolute atomic E-state index is 0.540. The van der Waals surface area contributed by atoms with Crippen LogP contribution in [0.4, 0.5) is 5.69 Å². The Morgan fingerprint density at radius 2 is 1.94 bits per heavy atom. The molecular formula is C15H21NO2. The lowest BCUT2D eigenvalue weighted by Gasteiger charge is -2.18. The summed E-state index contributed by atoms with van der Waals surface area (Å²) in [4.78, 5) is 0. The number of ether oxygens (including phenoxy) is 2. The molecule has 3 heteroatoms. The Bertz CT molecular complexity index is 456. The van der Waals surface area contributed by atoms with Crippen molar-refractivity contribution in [2.45, 2.75) is 51.9 Å². The standard InChI is InChI=1S/C15H21NO2/c1-10-5-4-6-12(10)16-11-7-8-13-14(9-11)18-15(2,3)17-13/h7-10,12,16H,4-6H2,1-3H3. The van der Waals surface area contributed by atoms with Crippen molar-refractivity contribution in [2.75, 3.05) is 5.32 Å². The quantitative estimate of drug-likeness (QED) is 0.862. The zero-order valence-corrected chi connectivity index (χ0v) is 11.3. The number of hydrogen-bond acceptors (Lipinski definition) is 3.